The highest BCUT2D eigenvalue weighted by Crippen LogP contribution is 2.18. The normalized spacial score (nSPS) is 13.7. The minimum absolute atomic E-state index is 0.222. The third-order valence-corrected chi connectivity index (χ3v) is 2.57. The van der Waals surface area contributed by atoms with Crippen molar-refractivity contribution in [1.82, 2.24) is 10.6 Å². The Labute approximate surface area is 109 Å². The first-order chi connectivity index (χ1) is 8.81. The highest BCUT2D eigenvalue weighted by molar-refractivity contribution is 5.96. The lowest BCUT2D eigenvalue weighted by Crippen LogP contribution is -2.47. The molecule has 104 valence electrons. The number of primary amides is 1. The Bertz CT molecular complexity index is 494. The molecule has 19 heavy (non-hydrogen) atoms. The maximum atomic E-state index is 13.5. The lowest BCUT2D eigenvalue weighted by Gasteiger charge is -2.19. The van der Waals surface area contributed by atoms with Crippen molar-refractivity contribution < 1.29 is 18.4 Å². The molecule has 0 aliphatic rings. The van der Waals surface area contributed by atoms with Crippen LogP contribution in [0.2, 0.25) is 0 Å². The third kappa shape index (κ3) is 4.29. The summed E-state index contributed by atoms with van der Waals surface area (Å²) in [5.41, 5.74) is 5.04. The van der Waals surface area contributed by atoms with Crippen LogP contribution in [0.15, 0.2) is 18.2 Å². The Balaban J connectivity index is 2.71. The molecule has 5 nitrogen and oxygen atoms in total. The van der Waals surface area contributed by atoms with Crippen LogP contribution < -0.4 is 16.4 Å². The summed E-state index contributed by atoms with van der Waals surface area (Å²) in [5, 5.41) is 4.69. The molecule has 1 aromatic carbocycles. The van der Waals surface area contributed by atoms with E-state index in [9.17, 15) is 18.4 Å². The van der Waals surface area contributed by atoms with Gasteiger partial charge in [0.05, 0.1) is 6.04 Å². The summed E-state index contributed by atoms with van der Waals surface area (Å²) in [5.74, 6) is -2.00. The number of hydrogen-bond donors (Lipinski definition) is 3. The molecule has 1 rings (SSSR count). The van der Waals surface area contributed by atoms with E-state index >= 15 is 0 Å². The second kappa shape index (κ2) is 6.24. The molecule has 0 bridgehead atoms. The summed E-state index contributed by atoms with van der Waals surface area (Å²) < 4.78 is 26.3. The SMILES string of the molecule is C[C@H](N[C@@H](C)c1ccc(F)cc1F)C(=O)NC(N)=O. The van der Waals surface area contributed by atoms with E-state index in [0.29, 0.717) is 0 Å². The highest BCUT2D eigenvalue weighted by Gasteiger charge is 2.19. The zero-order valence-corrected chi connectivity index (χ0v) is 10.5. The summed E-state index contributed by atoms with van der Waals surface area (Å²) >= 11 is 0. The zero-order valence-electron chi connectivity index (χ0n) is 10.5. The van der Waals surface area contributed by atoms with Gasteiger partial charge in [-0.25, -0.2) is 13.6 Å². The van der Waals surface area contributed by atoms with Gasteiger partial charge >= 0.3 is 6.03 Å². The van der Waals surface area contributed by atoms with Crippen molar-refractivity contribution >= 4 is 11.9 Å². The molecule has 1 aromatic rings. The van der Waals surface area contributed by atoms with E-state index < -0.39 is 35.7 Å². The number of carbonyl (C=O) groups is 2. The molecule has 7 heteroatoms. The van der Waals surface area contributed by atoms with Gasteiger partial charge in [-0.15, -0.1) is 0 Å². The lowest BCUT2D eigenvalue weighted by molar-refractivity contribution is -0.121. The van der Waals surface area contributed by atoms with Gasteiger partial charge in [0.1, 0.15) is 11.6 Å². The second-order valence-electron chi connectivity index (χ2n) is 4.13. The fourth-order valence-electron chi connectivity index (χ4n) is 1.62. The summed E-state index contributed by atoms with van der Waals surface area (Å²) in [7, 11) is 0. The molecule has 3 amide bonds. The lowest BCUT2D eigenvalue weighted by atomic mass is 10.1. The summed E-state index contributed by atoms with van der Waals surface area (Å²) in [6.07, 6.45) is 0. The van der Waals surface area contributed by atoms with Crippen LogP contribution >= 0.6 is 0 Å². The van der Waals surface area contributed by atoms with Crippen LogP contribution in [0.1, 0.15) is 25.5 Å². The molecule has 4 N–H and O–H groups in total. The van der Waals surface area contributed by atoms with Crippen molar-refractivity contribution in [3.63, 3.8) is 0 Å². The van der Waals surface area contributed by atoms with E-state index in [1.165, 1.54) is 13.0 Å². The van der Waals surface area contributed by atoms with Gasteiger partial charge in [-0.1, -0.05) is 6.07 Å². The molecular formula is C12H15F2N3O2. The van der Waals surface area contributed by atoms with Crippen LogP contribution in [0.5, 0.6) is 0 Å². The molecule has 0 heterocycles. The van der Waals surface area contributed by atoms with Gasteiger partial charge < -0.3 is 5.73 Å². The van der Waals surface area contributed by atoms with Crippen LogP contribution in [0.3, 0.4) is 0 Å². The minimum Gasteiger partial charge on any atom is -0.351 e. The number of nitrogens with two attached hydrogens (primary N) is 1. The van der Waals surface area contributed by atoms with Crippen LogP contribution in [0.4, 0.5) is 13.6 Å². The minimum atomic E-state index is -0.959. The van der Waals surface area contributed by atoms with Crippen molar-refractivity contribution in [3.05, 3.63) is 35.4 Å². The van der Waals surface area contributed by atoms with Gasteiger partial charge in [0.2, 0.25) is 5.91 Å². The number of nitrogens with one attached hydrogen (secondary N) is 2. The Morgan fingerprint density at radius 2 is 1.89 bits per heavy atom. The molecule has 0 saturated carbocycles. The molecule has 0 aliphatic heterocycles. The topological polar surface area (TPSA) is 84.2 Å². The van der Waals surface area contributed by atoms with Crippen LogP contribution in [-0.4, -0.2) is 18.0 Å². The van der Waals surface area contributed by atoms with Gasteiger partial charge in [0, 0.05) is 17.7 Å². The van der Waals surface area contributed by atoms with Crippen LogP contribution in [-0.2, 0) is 4.79 Å². The number of rotatable bonds is 4. The molecule has 2 atom stereocenters. The van der Waals surface area contributed by atoms with Crippen molar-refractivity contribution in [2.24, 2.45) is 5.73 Å². The predicted molar refractivity (Wildman–Crippen MR) is 65.1 cm³/mol. The van der Waals surface area contributed by atoms with Crippen molar-refractivity contribution in [2.75, 3.05) is 0 Å². The molecule has 0 radical (unpaired) electrons. The van der Waals surface area contributed by atoms with Gasteiger partial charge in [-0.2, -0.15) is 0 Å². The van der Waals surface area contributed by atoms with Crippen LogP contribution in [0, 0.1) is 11.6 Å². The third-order valence-electron chi connectivity index (χ3n) is 2.57. The molecule has 0 spiro atoms. The first-order valence-electron chi connectivity index (χ1n) is 5.62. The van der Waals surface area contributed by atoms with E-state index in [1.807, 2.05) is 5.32 Å². The van der Waals surface area contributed by atoms with E-state index in [1.54, 1.807) is 6.92 Å². The Hall–Kier alpha value is -2.02. The molecule has 0 unspecified atom stereocenters. The van der Waals surface area contributed by atoms with E-state index in [2.05, 4.69) is 5.32 Å². The maximum Gasteiger partial charge on any atom is 0.318 e. The van der Waals surface area contributed by atoms with Crippen LogP contribution in [0.25, 0.3) is 0 Å². The average molecular weight is 271 g/mol. The first-order valence-corrected chi connectivity index (χ1v) is 5.62. The molecule has 0 aliphatic carbocycles. The Morgan fingerprint density at radius 1 is 1.26 bits per heavy atom. The number of hydrogen-bond acceptors (Lipinski definition) is 3. The number of carbonyl (C=O) groups excluding carboxylic acids is 2. The smallest absolute Gasteiger partial charge is 0.318 e. The van der Waals surface area contributed by atoms with E-state index in [-0.39, 0.29) is 5.56 Å². The fraction of sp³-hybridized carbons (Fsp3) is 0.333. The van der Waals surface area contributed by atoms with E-state index in [4.69, 9.17) is 5.73 Å². The van der Waals surface area contributed by atoms with Gasteiger partial charge in [-0.05, 0) is 19.9 Å². The maximum absolute atomic E-state index is 13.5. The molecule has 0 aromatic heterocycles. The first kappa shape index (κ1) is 15.0. The fourth-order valence-corrected chi connectivity index (χ4v) is 1.62. The largest absolute Gasteiger partial charge is 0.351 e. The molecular weight excluding hydrogens is 256 g/mol. The number of amides is 3. The predicted octanol–water partition coefficient (Wildman–Crippen LogP) is 1.20. The average Bonchev–Trinajstić information content (AvgIpc) is 2.27. The second-order valence-corrected chi connectivity index (χ2v) is 4.13. The quantitative estimate of drug-likeness (QED) is 0.769. The Morgan fingerprint density at radius 3 is 2.42 bits per heavy atom. The van der Waals surface area contributed by atoms with E-state index in [0.717, 1.165) is 12.1 Å². The van der Waals surface area contributed by atoms with Gasteiger partial charge in [0.25, 0.3) is 0 Å². The van der Waals surface area contributed by atoms with Crippen molar-refractivity contribution in [1.29, 1.82) is 0 Å². The number of imide groups is 1. The summed E-state index contributed by atoms with van der Waals surface area (Å²) in [6.45, 7) is 3.11. The monoisotopic (exact) mass is 271 g/mol. The molecule has 0 fully saturated rings. The van der Waals surface area contributed by atoms with Gasteiger partial charge in [0.15, 0.2) is 0 Å². The number of benzene rings is 1. The molecule has 0 saturated heterocycles. The van der Waals surface area contributed by atoms with Gasteiger partial charge in [-0.3, -0.25) is 15.4 Å². The summed E-state index contributed by atoms with van der Waals surface area (Å²) in [6, 6.07) is 0.938. The zero-order chi connectivity index (χ0) is 14.6. The number of halogens is 2. The van der Waals surface area contributed by atoms with Crippen molar-refractivity contribution in [2.45, 2.75) is 25.9 Å². The standard InChI is InChI=1S/C12H15F2N3O2/c1-6(9-4-3-8(13)5-10(9)14)16-7(2)11(18)17-12(15)19/h3-7,16H,1-2H3,(H3,15,17,18,19)/t6-,7-/m0/s1. The Kier molecular flexibility index (Phi) is 4.94. The summed E-state index contributed by atoms with van der Waals surface area (Å²) in [4.78, 5) is 22.0. The number of urea groups is 1. The highest BCUT2D eigenvalue weighted by atomic mass is 19.1. The van der Waals surface area contributed by atoms with Crippen molar-refractivity contribution in [3.8, 4) is 0 Å².